The molecule has 0 aliphatic heterocycles. The predicted molar refractivity (Wildman–Crippen MR) is 40.6 cm³/mol. The van der Waals surface area contributed by atoms with Crippen LogP contribution >= 0.6 is 0 Å². The minimum absolute atomic E-state index is 0.432. The highest BCUT2D eigenvalue weighted by Gasteiger charge is 1.96. The van der Waals surface area contributed by atoms with Gasteiger partial charge in [0.25, 0.3) is 0 Å². The van der Waals surface area contributed by atoms with Crippen LogP contribution in [0.25, 0.3) is 0 Å². The quantitative estimate of drug-likeness (QED) is 0.480. The fourth-order valence-corrected chi connectivity index (χ4v) is 0.554. The molecule has 0 aromatic heterocycles. The molecule has 0 atom stereocenters. The Bertz CT molecular complexity index is 136. The Kier molecular flexibility index (Phi) is 4.63. The summed E-state index contributed by atoms with van der Waals surface area (Å²) in [7, 11) is 0. The Morgan fingerprint density at radius 2 is 2.10 bits per heavy atom. The molecule has 0 saturated heterocycles. The fourth-order valence-electron chi connectivity index (χ4n) is 0.554. The van der Waals surface area contributed by atoms with Crippen LogP contribution in [0.15, 0.2) is 11.6 Å². The van der Waals surface area contributed by atoms with Gasteiger partial charge >= 0.3 is 5.97 Å². The van der Waals surface area contributed by atoms with Gasteiger partial charge in [-0.15, -0.1) is 0 Å². The van der Waals surface area contributed by atoms with E-state index >= 15 is 0 Å². The zero-order valence-electron chi connectivity index (χ0n) is 6.42. The van der Waals surface area contributed by atoms with Gasteiger partial charge in [0.15, 0.2) is 0 Å². The average Bonchev–Trinajstić information content (AvgIpc) is 1.88. The van der Waals surface area contributed by atoms with Gasteiger partial charge in [-0.1, -0.05) is 13.0 Å². The van der Waals surface area contributed by atoms with Crippen molar-refractivity contribution in [2.45, 2.75) is 26.7 Å². The van der Waals surface area contributed by atoms with E-state index in [0.29, 0.717) is 5.57 Å². The lowest BCUT2D eigenvalue weighted by molar-refractivity contribution is -0.132. The molecule has 0 spiro atoms. The van der Waals surface area contributed by atoms with Gasteiger partial charge in [-0.25, -0.2) is 4.79 Å². The molecule has 0 aromatic carbocycles. The minimum Gasteiger partial charge on any atom is -0.478 e. The number of aliphatic carboxylic acids is 1. The van der Waals surface area contributed by atoms with E-state index in [4.69, 9.17) is 5.11 Å². The van der Waals surface area contributed by atoms with Gasteiger partial charge in [-0.05, 0) is 26.2 Å². The predicted octanol–water partition coefficient (Wildman–Crippen LogP) is 2.02. The Balaban J connectivity index is 3.58. The molecule has 0 rings (SSSR count). The standard InChI is InChI=1S/C8H13O2/c1-3-4-5-6-7(2)8(9)10/h3,6H,4-5H2,1-2H3,(H,9,10). The summed E-state index contributed by atoms with van der Waals surface area (Å²) in [5.74, 6) is -0.823. The van der Waals surface area contributed by atoms with Gasteiger partial charge in [0, 0.05) is 5.57 Å². The van der Waals surface area contributed by atoms with Gasteiger partial charge < -0.3 is 5.11 Å². The summed E-state index contributed by atoms with van der Waals surface area (Å²) in [6.45, 7) is 3.57. The van der Waals surface area contributed by atoms with E-state index in [1.807, 2.05) is 13.3 Å². The summed E-state index contributed by atoms with van der Waals surface area (Å²) in [5, 5.41) is 8.40. The van der Waals surface area contributed by atoms with Crippen molar-refractivity contribution in [3.8, 4) is 0 Å². The zero-order chi connectivity index (χ0) is 7.98. The Labute approximate surface area is 61.6 Å². The number of hydrogen-bond acceptors (Lipinski definition) is 1. The maximum atomic E-state index is 10.2. The van der Waals surface area contributed by atoms with Crippen LogP contribution in [0.4, 0.5) is 0 Å². The molecule has 0 aliphatic rings. The number of carboxylic acid groups (broad SMARTS) is 1. The maximum absolute atomic E-state index is 10.2. The van der Waals surface area contributed by atoms with E-state index < -0.39 is 5.97 Å². The Morgan fingerprint density at radius 1 is 1.50 bits per heavy atom. The van der Waals surface area contributed by atoms with Crippen LogP contribution in [-0.4, -0.2) is 11.1 Å². The first-order valence-electron chi connectivity index (χ1n) is 3.36. The third kappa shape index (κ3) is 4.13. The van der Waals surface area contributed by atoms with Gasteiger partial charge in [0.2, 0.25) is 0 Å². The lowest BCUT2D eigenvalue weighted by atomic mass is 10.2. The second-order valence-corrected chi connectivity index (χ2v) is 2.18. The fraction of sp³-hybridized carbons (Fsp3) is 0.500. The largest absolute Gasteiger partial charge is 0.478 e. The van der Waals surface area contributed by atoms with Crippen molar-refractivity contribution < 1.29 is 9.90 Å². The summed E-state index contributed by atoms with van der Waals surface area (Å²) in [6.07, 6.45) is 5.53. The van der Waals surface area contributed by atoms with Crippen molar-refractivity contribution in [3.63, 3.8) is 0 Å². The van der Waals surface area contributed by atoms with Crippen LogP contribution in [0.2, 0.25) is 0 Å². The average molecular weight is 141 g/mol. The molecule has 2 nitrogen and oxygen atoms in total. The van der Waals surface area contributed by atoms with E-state index in [0.717, 1.165) is 12.8 Å². The smallest absolute Gasteiger partial charge is 0.330 e. The lowest BCUT2D eigenvalue weighted by Gasteiger charge is -1.91. The zero-order valence-corrected chi connectivity index (χ0v) is 6.42. The van der Waals surface area contributed by atoms with Crippen molar-refractivity contribution in [1.82, 2.24) is 0 Å². The van der Waals surface area contributed by atoms with E-state index in [9.17, 15) is 4.79 Å². The van der Waals surface area contributed by atoms with Crippen molar-refractivity contribution >= 4 is 5.97 Å². The van der Waals surface area contributed by atoms with E-state index in [2.05, 4.69) is 0 Å². The maximum Gasteiger partial charge on any atom is 0.330 e. The second kappa shape index (κ2) is 5.03. The Morgan fingerprint density at radius 3 is 2.50 bits per heavy atom. The highest BCUT2D eigenvalue weighted by atomic mass is 16.4. The molecule has 0 bridgehead atoms. The normalized spacial score (nSPS) is 11.6. The van der Waals surface area contributed by atoms with Crippen LogP contribution in [0.5, 0.6) is 0 Å². The van der Waals surface area contributed by atoms with E-state index in [-0.39, 0.29) is 0 Å². The first-order valence-corrected chi connectivity index (χ1v) is 3.36. The molecule has 0 aromatic rings. The highest BCUT2D eigenvalue weighted by Crippen LogP contribution is 1.99. The van der Waals surface area contributed by atoms with Crippen LogP contribution in [0.1, 0.15) is 26.7 Å². The summed E-state index contributed by atoms with van der Waals surface area (Å²) in [4.78, 5) is 10.2. The molecular weight excluding hydrogens is 128 g/mol. The molecule has 2 heteroatoms. The highest BCUT2D eigenvalue weighted by molar-refractivity contribution is 5.85. The minimum atomic E-state index is -0.823. The van der Waals surface area contributed by atoms with Gasteiger partial charge in [0.05, 0.1) is 0 Å². The Hall–Kier alpha value is -0.790. The molecular formula is C8H13O2. The summed E-state index contributed by atoms with van der Waals surface area (Å²) < 4.78 is 0. The third-order valence-electron chi connectivity index (χ3n) is 1.24. The van der Waals surface area contributed by atoms with Gasteiger partial charge in [0.1, 0.15) is 0 Å². The van der Waals surface area contributed by atoms with Gasteiger partial charge in [-0.3, -0.25) is 0 Å². The number of rotatable bonds is 4. The summed E-state index contributed by atoms with van der Waals surface area (Å²) >= 11 is 0. The number of carboxylic acids is 1. The molecule has 10 heavy (non-hydrogen) atoms. The second-order valence-electron chi connectivity index (χ2n) is 2.18. The van der Waals surface area contributed by atoms with Crippen LogP contribution < -0.4 is 0 Å². The number of unbranched alkanes of at least 4 members (excludes halogenated alkanes) is 2. The van der Waals surface area contributed by atoms with Crippen molar-refractivity contribution in [1.29, 1.82) is 0 Å². The molecule has 57 valence electrons. The monoisotopic (exact) mass is 141 g/mol. The molecule has 1 N–H and O–H groups in total. The number of allylic oxidation sites excluding steroid dienone is 1. The van der Waals surface area contributed by atoms with Crippen molar-refractivity contribution in [2.24, 2.45) is 0 Å². The SMILES string of the molecule is C[CH]CCC=C(C)C(=O)O. The number of hydrogen-bond donors (Lipinski definition) is 1. The summed E-state index contributed by atoms with van der Waals surface area (Å²) in [6, 6.07) is 0. The molecule has 1 radical (unpaired) electrons. The van der Waals surface area contributed by atoms with Crippen molar-refractivity contribution in [3.05, 3.63) is 18.1 Å². The number of carbonyl (C=O) groups is 1. The lowest BCUT2D eigenvalue weighted by Crippen LogP contribution is -1.95. The first kappa shape index (κ1) is 9.21. The molecule has 0 heterocycles. The van der Waals surface area contributed by atoms with Crippen LogP contribution in [0.3, 0.4) is 0 Å². The van der Waals surface area contributed by atoms with Crippen LogP contribution in [0, 0.1) is 6.42 Å². The molecule has 0 saturated carbocycles. The molecule has 0 fully saturated rings. The van der Waals surface area contributed by atoms with E-state index in [1.54, 1.807) is 13.0 Å². The van der Waals surface area contributed by atoms with Crippen LogP contribution in [-0.2, 0) is 4.79 Å². The third-order valence-corrected chi connectivity index (χ3v) is 1.24. The van der Waals surface area contributed by atoms with Crippen molar-refractivity contribution in [2.75, 3.05) is 0 Å². The summed E-state index contributed by atoms with van der Waals surface area (Å²) in [5.41, 5.74) is 0.432. The van der Waals surface area contributed by atoms with Gasteiger partial charge in [-0.2, -0.15) is 0 Å². The molecule has 0 amide bonds. The van der Waals surface area contributed by atoms with E-state index in [1.165, 1.54) is 0 Å². The molecule has 0 aliphatic carbocycles. The topological polar surface area (TPSA) is 37.3 Å². The molecule has 0 unspecified atom stereocenters. The first-order chi connectivity index (χ1) is 4.68.